The number of carbonyl (C=O) groups excluding carboxylic acids is 1. The number of fused-ring (bicyclic) bond motifs is 1. The van der Waals surface area contributed by atoms with Gasteiger partial charge in [0.2, 0.25) is 5.78 Å². The first-order valence-electron chi connectivity index (χ1n) is 19.4. The number of aromatic nitrogens is 1. The minimum Gasteiger partial charge on any atom is -0.494 e. The van der Waals surface area contributed by atoms with Gasteiger partial charge in [0.05, 0.1) is 22.9 Å². The number of sulfonamides is 1. The van der Waals surface area contributed by atoms with Crippen molar-refractivity contribution in [3.8, 4) is 5.75 Å². The summed E-state index contributed by atoms with van der Waals surface area (Å²) in [5, 5.41) is 0. The van der Waals surface area contributed by atoms with Crippen molar-refractivity contribution in [2.75, 3.05) is 31.0 Å². The Hall–Kier alpha value is -3.62. The van der Waals surface area contributed by atoms with Gasteiger partial charge in [0.15, 0.2) is 0 Å². The van der Waals surface area contributed by atoms with Crippen molar-refractivity contribution in [2.45, 2.75) is 123 Å². The van der Waals surface area contributed by atoms with E-state index in [9.17, 15) is 13.2 Å². The SMILES string of the molecule is CCCCCC.CCCCc1cc2cc(NS(=O)(=O)c3ccccc3C)ccn2c1C(=O)c1ccc(OCCCN(CCCC)CCCC)cc1. The van der Waals surface area contributed by atoms with Crippen molar-refractivity contribution < 1.29 is 17.9 Å². The summed E-state index contributed by atoms with van der Waals surface area (Å²) in [4.78, 5) is 16.7. The lowest BCUT2D eigenvalue weighted by Gasteiger charge is -2.21. The van der Waals surface area contributed by atoms with E-state index in [4.69, 9.17) is 4.74 Å². The van der Waals surface area contributed by atoms with Crippen molar-refractivity contribution in [1.82, 2.24) is 9.30 Å². The van der Waals surface area contributed by atoms with Crippen LogP contribution in [0, 0.1) is 6.92 Å². The molecule has 4 rings (SSSR count). The summed E-state index contributed by atoms with van der Waals surface area (Å²) < 4.78 is 36.8. The Morgan fingerprint density at radius 2 is 1.35 bits per heavy atom. The van der Waals surface area contributed by atoms with Crippen molar-refractivity contribution in [2.24, 2.45) is 0 Å². The third-order valence-corrected chi connectivity index (χ3v) is 10.7. The van der Waals surface area contributed by atoms with Crippen LogP contribution in [0.25, 0.3) is 5.52 Å². The fourth-order valence-electron chi connectivity index (χ4n) is 6.10. The van der Waals surface area contributed by atoms with Crippen LogP contribution in [-0.4, -0.2) is 49.7 Å². The summed E-state index contributed by atoms with van der Waals surface area (Å²) in [6.45, 7) is 16.8. The molecule has 0 unspecified atom stereocenters. The second-order valence-corrected chi connectivity index (χ2v) is 15.2. The van der Waals surface area contributed by atoms with E-state index in [0.29, 0.717) is 29.1 Å². The van der Waals surface area contributed by atoms with E-state index in [1.165, 1.54) is 51.4 Å². The predicted molar refractivity (Wildman–Crippen MR) is 214 cm³/mol. The van der Waals surface area contributed by atoms with Gasteiger partial charge in [-0.2, -0.15) is 0 Å². The van der Waals surface area contributed by atoms with Crippen LogP contribution < -0.4 is 9.46 Å². The zero-order chi connectivity index (χ0) is 37.1. The number of anilines is 1. The number of ether oxygens (including phenoxy) is 1. The molecule has 2 heterocycles. The molecule has 2 aromatic carbocycles. The van der Waals surface area contributed by atoms with E-state index >= 15 is 0 Å². The Morgan fingerprint density at radius 1 is 0.745 bits per heavy atom. The van der Waals surface area contributed by atoms with Crippen LogP contribution in [0.2, 0.25) is 0 Å². The van der Waals surface area contributed by atoms with Gasteiger partial charge in [-0.1, -0.05) is 97.8 Å². The van der Waals surface area contributed by atoms with Gasteiger partial charge in [0.1, 0.15) is 5.75 Å². The summed E-state index contributed by atoms with van der Waals surface area (Å²) in [6, 6.07) is 19.8. The van der Waals surface area contributed by atoms with Crippen molar-refractivity contribution in [3.63, 3.8) is 0 Å². The van der Waals surface area contributed by atoms with Gasteiger partial charge in [-0.25, -0.2) is 8.42 Å². The molecule has 7 nitrogen and oxygen atoms in total. The minimum atomic E-state index is -3.75. The zero-order valence-electron chi connectivity index (χ0n) is 32.2. The van der Waals surface area contributed by atoms with Gasteiger partial charge < -0.3 is 14.0 Å². The van der Waals surface area contributed by atoms with E-state index < -0.39 is 10.0 Å². The third kappa shape index (κ3) is 13.1. The molecule has 0 saturated heterocycles. The zero-order valence-corrected chi connectivity index (χ0v) is 33.0. The standard InChI is InChI=1S/C37H49N3O4S.C6H14/c1-5-8-15-31-27-33-28-32(38-45(42,43)35-16-12-11-14-29(35)4)21-25-40(33)36(31)37(41)30-17-19-34(20-18-30)44-26-13-24-39(22-9-6-2)23-10-7-3;1-3-5-6-4-2/h11-12,14,16-21,25,27-28,38H,5-10,13,15,22-24,26H2,1-4H3;3-6H2,1-2H3. The Kier molecular flexibility index (Phi) is 18.3. The van der Waals surface area contributed by atoms with Gasteiger partial charge in [-0.15, -0.1) is 0 Å². The number of benzene rings is 2. The maximum Gasteiger partial charge on any atom is 0.262 e. The molecule has 8 heteroatoms. The van der Waals surface area contributed by atoms with Gasteiger partial charge in [-0.05, 0) is 112 Å². The fraction of sp³-hybridized carbons (Fsp3) is 0.512. The second kappa shape index (κ2) is 22.3. The molecule has 4 aromatic rings. The molecule has 2 aromatic heterocycles. The number of hydrogen-bond donors (Lipinski definition) is 1. The van der Waals surface area contributed by atoms with Gasteiger partial charge in [0.25, 0.3) is 10.0 Å². The number of unbranched alkanes of at least 4 members (excludes halogenated alkanes) is 6. The molecule has 0 aliphatic heterocycles. The van der Waals surface area contributed by atoms with Crippen LogP contribution in [0.3, 0.4) is 0 Å². The van der Waals surface area contributed by atoms with E-state index in [0.717, 1.165) is 62.1 Å². The van der Waals surface area contributed by atoms with Crippen molar-refractivity contribution in [3.05, 3.63) is 95.3 Å². The average Bonchev–Trinajstić information content (AvgIpc) is 3.49. The van der Waals surface area contributed by atoms with E-state index in [1.807, 2.05) is 40.8 Å². The van der Waals surface area contributed by atoms with Crippen LogP contribution >= 0.6 is 0 Å². The monoisotopic (exact) mass is 717 g/mol. The Balaban J connectivity index is 0.00000107. The highest BCUT2D eigenvalue weighted by Crippen LogP contribution is 2.27. The maximum absolute atomic E-state index is 13.9. The van der Waals surface area contributed by atoms with Crippen LogP contribution in [0.5, 0.6) is 5.75 Å². The summed E-state index contributed by atoms with van der Waals surface area (Å²) in [7, 11) is -3.75. The molecule has 1 N–H and O–H groups in total. The lowest BCUT2D eigenvalue weighted by atomic mass is 10.0. The van der Waals surface area contributed by atoms with Crippen LogP contribution in [0.1, 0.15) is 132 Å². The largest absolute Gasteiger partial charge is 0.494 e. The first-order valence-corrected chi connectivity index (χ1v) is 20.9. The molecular formula is C43H63N3O4S. The highest BCUT2D eigenvalue weighted by Gasteiger charge is 2.21. The Morgan fingerprint density at radius 3 is 1.96 bits per heavy atom. The molecule has 51 heavy (non-hydrogen) atoms. The summed E-state index contributed by atoms with van der Waals surface area (Å²) in [5.41, 5.74) is 4.05. The molecule has 0 aliphatic rings. The smallest absolute Gasteiger partial charge is 0.262 e. The molecule has 0 saturated carbocycles. The number of hydrogen-bond acceptors (Lipinski definition) is 5. The third-order valence-electron chi connectivity index (χ3n) is 9.12. The van der Waals surface area contributed by atoms with Crippen molar-refractivity contribution >= 4 is 27.0 Å². The fourth-order valence-corrected chi connectivity index (χ4v) is 7.39. The number of ketones is 1. The van der Waals surface area contributed by atoms with E-state index in [1.54, 1.807) is 43.5 Å². The Labute approximate surface area is 308 Å². The molecule has 0 spiro atoms. The lowest BCUT2D eigenvalue weighted by molar-refractivity contribution is 0.103. The normalized spacial score (nSPS) is 11.4. The Bertz CT molecular complexity index is 1700. The maximum atomic E-state index is 13.9. The van der Waals surface area contributed by atoms with Crippen molar-refractivity contribution in [1.29, 1.82) is 0 Å². The van der Waals surface area contributed by atoms with E-state index in [-0.39, 0.29) is 10.7 Å². The van der Waals surface area contributed by atoms with Crippen LogP contribution in [0.4, 0.5) is 5.69 Å². The molecule has 0 fully saturated rings. The number of rotatable bonds is 22. The molecular weight excluding hydrogens is 655 g/mol. The van der Waals surface area contributed by atoms with Gasteiger partial charge in [-0.3, -0.25) is 9.52 Å². The summed E-state index contributed by atoms with van der Waals surface area (Å²) >= 11 is 0. The quantitative estimate of drug-likeness (QED) is 0.0647. The number of aryl methyl sites for hydroxylation is 2. The summed E-state index contributed by atoms with van der Waals surface area (Å²) in [6.07, 6.45) is 15.9. The summed E-state index contributed by atoms with van der Waals surface area (Å²) in [5.74, 6) is 0.695. The molecule has 280 valence electrons. The number of pyridine rings is 1. The topological polar surface area (TPSA) is 80.1 Å². The number of carbonyl (C=O) groups is 1. The first kappa shape index (κ1) is 41.8. The molecule has 0 aliphatic carbocycles. The molecule has 0 atom stereocenters. The van der Waals surface area contributed by atoms with Gasteiger partial charge in [0, 0.05) is 23.8 Å². The lowest BCUT2D eigenvalue weighted by Crippen LogP contribution is -2.28. The predicted octanol–water partition coefficient (Wildman–Crippen LogP) is 10.9. The van der Waals surface area contributed by atoms with E-state index in [2.05, 4.69) is 44.2 Å². The first-order chi connectivity index (χ1) is 24.7. The van der Waals surface area contributed by atoms with Gasteiger partial charge >= 0.3 is 0 Å². The molecule has 0 bridgehead atoms. The second-order valence-electron chi connectivity index (χ2n) is 13.5. The molecule has 0 radical (unpaired) electrons. The number of nitrogens with zero attached hydrogens (tertiary/aromatic N) is 2. The van der Waals surface area contributed by atoms with Crippen LogP contribution in [0.15, 0.2) is 77.8 Å². The average molecular weight is 718 g/mol. The minimum absolute atomic E-state index is 0.0663. The molecule has 0 amide bonds. The highest BCUT2D eigenvalue weighted by atomic mass is 32.2. The number of nitrogens with one attached hydrogen (secondary N) is 1. The highest BCUT2D eigenvalue weighted by molar-refractivity contribution is 7.92. The van der Waals surface area contributed by atoms with Crippen LogP contribution in [-0.2, 0) is 16.4 Å².